The van der Waals surface area contributed by atoms with E-state index < -0.39 is 18.2 Å². The van der Waals surface area contributed by atoms with Crippen LogP contribution >= 0.6 is 0 Å². The molecular formula is C6H9BF2. The Morgan fingerprint density at radius 2 is 1.89 bits per heavy atom. The lowest BCUT2D eigenvalue weighted by Crippen LogP contribution is -2.27. The smallest absolute Gasteiger partial charge is 0.131 e. The van der Waals surface area contributed by atoms with E-state index in [9.17, 15) is 8.78 Å². The quantitative estimate of drug-likeness (QED) is 0.438. The van der Waals surface area contributed by atoms with E-state index in [0.29, 0.717) is 12.8 Å². The third kappa shape index (κ3) is 1.43. The second kappa shape index (κ2) is 2.67. The zero-order valence-corrected chi connectivity index (χ0v) is 5.19. The van der Waals surface area contributed by atoms with Gasteiger partial charge >= 0.3 is 0 Å². The van der Waals surface area contributed by atoms with Crippen molar-refractivity contribution in [2.45, 2.75) is 37.4 Å². The molecule has 0 N–H and O–H groups in total. The van der Waals surface area contributed by atoms with Gasteiger partial charge in [0.2, 0.25) is 0 Å². The highest BCUT2D eigenvalue weighted by molar-refractivity contribution is 6.12. The van der Waals surface area contributed by atoms with Crippen molar-refractivity contribution in [1.29, 1.82) is 0 Å². The molecule has 0 aliphatic heterocycles. The maximum Gasteiger partial charge on any atom is 0.131 e. The Kier molecular flexibility index (Phi) is 2.09. The van der Waals surface area contributed by atoms with E-state index in [1.54, 1.807) is 0 Å². The van der Waals surface area contributed by atoms with Gasteiger partial charge in [0.05, 0.1) is 7.85 Å². The molecule has 0 aromatic heterocycles. The summed E-state index contributed by atoms with van der Waals surface area (Å²) in [4.78, 5) is 0. The lowest BCUT2D eigenvalue weighted by molar-refractivity contribution is 0.120. The van der Waals surface area contributed by atoms with Gasteiger partial charge in [-0.25, -0.2) is 8.78 Å². The molecule has 3 unspecified atom stereocenters. The molecule has 2 radical (unpaired) electrons. The summed E-state index contributed by atoms with van der Waals surface area (Å²) >= 11 is 0. The molecule has 1 aliphatic rings. The average Bonchev–Trinajstić information content (AvgIpc) is 1.83. The van der Waals surface area contributed by atoms with Crippen LogP contribution in [0.3, 0.4) is 0 Å². The van der Waals surface area contributed by atoms with Gasteiger partial charge in [0.25, 0.3) is 0 Å². The van der Waals surface area contributed by atoms with Gasteiger partial charge in [-0.1, -0.05) is 12.8 Å². The van der Waals surface area contributed by atoms with Crippen molar-refractivity contribution in [2.75, 3.05) is 0 Å². The van der Waals surface area contributed by atoms with Gasteiger partial charge in [-0.2, -0.15) is 0 Å². The molecule has 3 atom stereocenters. The van der Waals surface area contributed by atoms with Crippen LogP contribution in [0.5, 0.6) is 0 Å². The summed E-state index contributed by atoms with van der Waals surface area (Å²) in [6, 6.07) is 0. The molecule has 0 heterocycles. The molecule has 0 saturated heterocycles. The van der Waals surface area contributed by atoms with Crippen LogP contribution in [0.4, 0.5) is 8.78 Å². The standard InChI is InChI=1S/C6H9BF2/c7-4-2-1-3-5(8)6(4)9/h4-6H,1-3H2. The van der Waals surface area contributed by atoms with E-state index in [2.05, 4.69) is 0 Å². The second-order valence-electron chi connectivity index (χ2n) is 2.56. The Morgan fingerprint density at radius 1 is 1.22 bits per heavy atom. The van der Waals surface area contributed by atoms with Crippen molar-refractivity contribution in [3.05, 3.63) is 0 Å². The topological polar surface area (TPSA) is 0 Å². The van der Waals surface area contributed by atoms with Gasteiger partial charge < -0.3 is 0 Å². The van der Waals surface area contributed by atoms with Gasteiger partial charge in [0.1, 0.15) is 12.3 Å². The van der Waals surface area contributed by atoms with Crippen molar-refractivity contribution < 1.29 is 8.78 Å². The van der Waals surface area contributed by atoms with E-state index >= 15 is 0 Å². The summed E-state index contributed by atoms with van der Waals surface area (Å²) in [6.45, 7) is 0. The summed E-state index contributed by atoms with van der Waals surface area (Å²) in [7, 11) is 5.25. The third-order valence-electron chi connectivity index (χ3n) is 1.77. The van der Waals surface area contributed by atoms with Gasteiger partial charge in [-0.3, -0.25) is 0 Å². The van der Waals surface area contributed by atoms with Crippen molar-refractivity contribution >= 4 is 7.85 Å². The van der Waals surface area contributed by atoms with Crippen molar-refractivity contribution in [1.82, 2.24) is 0 Å². The minimum atomic E-state index is -1.42. The summed E-state index contributed by atoms with van der Waals surface area (Å²) in [6.07, 6.45) is -1.04. The Hall–Kier alpha value is -0.0751. The highest BCUT2D eigenvalue weighted by atomic mass is 19.2. The van der Waals surface area contributed by atoms with Crippen LogP contribution in [0, 0.1) is 0 Å². The van der Waals surface area contributed by atoms with Crippen LogP contribution in [0.15, 0.2) is 0 Å². The molecule has 0 bridgehead atoms. The SMILES string of the molecule is [B]C1CCCC(F)C1F. The van der Waals surface area contributed by atoms with E-state index in [4.69, 9.17) is 7.85 Å². The lowest BCUT2D eigenvalue weighted by Gasteiger charge is -2.25. The molecule has 50 valence electrons. The van der Waals surface area contributed by atoms with E-state index in [-0.39, 0.29) is 0 Å². The predicted octanol–water partition coefficient (Wildman–Crippen LogP) is 1.80. The number of alkyl halides is 2. The van der Waals surface area contributed by atoms with Gasteiger partial charge in [-0.05, 0) is 12.2 Å². The zero-order chi connectivity index (χ0) is 6.85. The fraction of sp³-hybridized carbons (Fsp3) is 1.00. The highest BCUT2D eigenvalue weighted by Gasteiger charge is 2.29. The average molecular weight is 130 g/mol. The molecule has 1 saturated carbocycles. The molecule has 0 amide bonds. The number of hydrogen-bond donors (Lipinski definition) is 0. The molecule has 0 spiro atoms. The maximum absolute atomic E-state index is 12.5. The summed E-state index contributed by atoms with van der Waals surface area (Å²) in [5.74, 6) is -0.561. The lowest BCUT2D eigenvalue weighted by atomic mass is 9.73. The molecule has 1 rings (SSSR count). The zero-order valence-electron chi connectivity index (χ0n) is 5.19. The van der Waals surface area contributed by atoms with Crippen LogP contribution in [0.1, 0.15) is 19.3 Å². The molecule has 0 aromatic rings. The molecule has 1 fully saturated rings. The van der Waals surface area contributed by atoms with Crippen LogP contribution < -0.4 is 0 Å². The van der Waals surface area contributed by atoms with Crippen LogP contribution in [0.25, 0.3) is 0 Å². The Balaban J connectivity index is 2.41. The monoisotopic (exact) mass is 130 g/mol. The molecule has 0 aromatic carbocycles. The Morgan fingerprint density at radius 3 is 2.33 bits per heavy atom. The fourth-order valence-corrected chi connectivity index (χ4v) is 1.14. The Bertz CT molecular complexity index is 87.1. The normalized spacial score (nSPS) is 44.9. The summed E-state index contributed by atoms with van der Waals surface area (Å²) in [5, 5.41) is 0. The van der Waals surface area contributed by atoms with Crippen molar-refractivity contribution in [3.63, 3.8) is 0 Å². The molecular weight excluding hydrogens is 121 g/mol. The van der Waals surface area contributed by atoms with Crippen LogP contribution in [0.2, 0.25) is 5.82 Å². The second-order valence-corrected chi connectivity index (χ2v) is 2.56. The molecule has 3 heteroatoms. The van der Waals surface area contributed by atoms with E-state index in [1.165, 1.54) is 0 Å². The first-order chi connectivity index (χ1) is 4.22. The first-order valence-corrected chi connectivity index (χ1v) is 3.25. The largest absolute Gasteiger partial charge is 0.245 e. The number of halogens is 2. The molecule has 9 heavy (non-hydrogen) atoms. The fourth-order valence-electron chi connectivity index (χ4n) is 1.14. The number of rotatable bonds is 0. The molecule has 0 nitrogen and oxygen atoms in total. The first-order valence-electron chi connectivity index (χ1n) is 3.25. The Labute approximate surface area is 55.0 Å². The highest BCUT2D eigenvalue weighted by Crippen LogP contribution is 2.30. The van der Waals surface area contributed by atoms with Gasteiger partial charge in [-0.15, -0.1) is 0 Å². The minimum Gasteiger partial charge on any atom is -0.245 e. The maximum atomic E-state index is 12.5. The first kappa shape index (κ1) is 7.04. The number of hydrogen-bond acceptors (Lipinski definition) is 0. The van der Waals surface area contributed by atoms with Crippen LogP contribution in [-0.4, -0.2) is 20.2 Å². The van der Waals surface area contributed by atoms with E-state index in [1.807, 2.05) is 0 Å². The van der Waals surface area contributed by atoms with Gasteiger partial charge in [0.15, 0.2) is 0 Å². The molecule has 1 aliphatic carbocycles. The van der Waals surface area contributed by atoms with Gasteiger partial charge in [0, 0.05) is 0 Å². The predicted molar refractivity (Wildman–Crippen MR) is 33.1 cm³/mol. The minimum absolute atomic E-state index is 0.342. The van der Waals surface area contributed by atoms with E-state index in [0.717, 1.165) is 6.42 Å². The summed E-state index contributed by atoms with van der Waals surface area (Å²) < 4.78 is 24.8. The summed E-state index contributed by atoms with van der Waals surface area (Å²) in [5.41, 5.74) is 0. The third-order valence-corrected chi connectivity index (χ3v) is 1.77. The van der Waals surface area contributed by atoms with Crippen LogP contribution in [-0.2, 0) is 0 Å². The van der Waals surface area contributed by atoms with Crippen molar-refractivity contribution in [3.8, 4) is 0 Å². The van der Waals surface area contributed by atoms with Crippen molar-refractivity contribution in [2.24, 2.45) is 0 Å².